The number of benzene rings is 3. The number of hydrogen-bond donors (Lipinski definition) is 2. The van der Waals surface area contributed by atoms with Crippen molar-refractivity contribution in [3.63, 3.8) is 0 Å². The lowest BCUT2D eigenvalue weighted by molar-refractivity contribution is -0.120. The second kappa shape index (κ2) is 13.0. The third kappa shape index (κ3) is 7.51. The molecule has 0 saturated heterocycles. The van der Waals surface area contributed by atoms with Crippen LogP contribution in [-0.4, -0.2) is 35.3 Å². The summed E-state index contributed by atoms with van der Waals surface area (Å²) in [5.74, 6) is 0.323. The van der Waals surface area contributed by atoms with E-state index in [9.17, 15) is 9.59 Å². The lowest BCUT2D eigenvalue weighted by atomic mass is 10.2. The van der Waals surface area contributed by atoms with Crippen LogP contribution >= 0.6 is 34.5 Å². The molecule has 12 heteroatoms. The first-order valence-corrected chi connectivity index (χ1v) is 12.7. The third-order valence-corrected chi connectivity index (χ3v) is 6.45. The van der Waals surface area contributed by atoms with Crippen molar-refractivity contribution in [2.24, 2.45) is 5.10 Å². The van der Waals surface area contributed by atoms with Crippen molar-refractivity contribution in [1.82, 2.24) is 15.6 Å². The molecule has 0 saturated carbocycles. The molecule has 1 aromatic heterocycles. The Kier molecular flexibility index (Phi) is 9.26. The molecule has 4 rings (SSSR count). The number of aromatic nitrogens is 2. The van der Waals surface area contributed by atoms with Gasteiger partial charge in [-0.2, -0.15) is 5.10 Å². The van der Waals surface area contributed by atoms with Gasteiger partial charge < -0.3 is 9.47 Å². The molecule has 38 heavy (non-hydrogen) atoms. The van der Waals surface area contributed by atoms with Crippen LogP contribution in [0.5, 0.6) is 11.5 Å². The normalized spacial score (nSPS) is 10.8. The molecule has 0 unspecified atom stereocenters. The fourth-order valence-electron chi connectivity index (χ4n) is 3.17. The quantitative estimate of drug-likeness (QED) is 0.196. The van der Waals surface area contributed by atoms with Crippen LogP contribution in [0.3, 0.4) is 0 Å². The minimum absolute atomic E-state index is 0.0421. The van der Waals surface area contributed by atoms with E-state index < -0.39 is 0 Å². The summed E-state index contributed by atoms with van der Waals surface area (Å²) in [4.78, 5) is 24.5. The molecule has 4 aromatic rings. The topological polar surface area (TPSA) is 115 Å². The molecule has 0 atom stereocenters. The molecule has 9 nitrogen and oxygen atoms in total. The second-order valence-electron chi connectivity index (χ2n) is 7.73. The predicted octanol–water partition coefficient (Wildman–Crippen LogP) is 5.38. The van der Waals surface area contributed by atoms with E-state index in [-0.39, 0.29) is 24.8 Å². The van der Waals surface area contributed by atoms with Crippen LogP contribution in [0.15, 0.2) is 71.8 Å². The van der Waals surface area contributed by atoms with Crippen molar-refractivity contribution < 1.29 is 19.1 Å². The van der Waals surface area contributed by atoms with Gasteiger partial charge in [-0.05, 0) is 48.0 Å². The molecule has 0 fully saturated rings. The van der Waals surface area contributed by atoms with Gasteiger partial charge in [0.25, 0.3) is 5.91 Å². The summed E-state index contributed by atoms with van der Waals surface area (Å²) in [5, 5.41) is 16.3. The maximum Gasteiger partial charge on any atom is 0.257 e. The molecule has 0 bridgehead atoms. The number of ether oxygens (including phenoxy) is 2. The Labute approximate surface area is 232 Å². The molecular weight excluding hydrogens is 549 g/mol. The average Bonchev–Trinajstić information content (AvgIpc) is 3.35. The van der Waals surface area contributed by atoms with Crippen molar-refractivity contribution >= 4 is 57.7 Å². The summed E-state index contributed by atoms with van der Waals surface area (Å²) in [6.45, 7) is 0.235. The number of anilines is 1. The van der Waals surface area contributed by atoms with Crippen molar-refractivity contribution in [2.75, 3.05) is 12.4 Å². The van der Waals surface area contributed by atoms with Gasteiger partial charge in [-0.15, -0.1) is 10.2 Å². The monoisotopic (exact) mass is 569 g/mol. The maximum absolute atomic E-state index is 12.3. The summed E-state index contributed by atoms with van der Waals surface area (Å²) >= 11 is 13.2. The van der Waals surface area contributed by atoms with Crippen LogP contribution in [0, 0.1) is 0 Å². The van der Waals surface area contributed by atoms with Gasteiger partial charge in [0.2, 0.25) is 11.0 Å². The molecular formula is C26H21Cl2N5O4S. The van der Waals surface area contributed by atoms with Crippen molar-refractivity contribution in [1.29, 1.82) is 0 Å². The Hall–Kier alpha value is -3.99. The smallest absolute Gasteiger partial charge is 0.257 e. The summed E-state index contributed by atoms with van der Waals surface area (Å²) in [6.07, 6.45) is 1.44. The van der Waals surface area contributed by atoms with Gasteiger partial charge in [-0.1, -0.05) is 58.8 Å². The second-order valence-corrected chi connectivity index (χ2v) is 9.63. The van der Waals surface area contributed by atoms with E-state index in [0.717, 1.165) is 16.9 Å². The molecule has 0 aliphatic heterocycles. The van der Waals surface area contributed by atoms with Gasteiger partial charge in [-0.3, -0.25) is 14.9 Å². The van der Waals surface area contributed by atoms with Crippen molar-refractivity contribution in [3.05, 3.63) is 98.5 Å². The molecule has 0 aliphatic rings. The number of carbonyl (C=O) groups excluding carboxylic acids is 2. The molecule has 194 valence electrons. The number of hydrazone groups is 1. The molecule has 3 aromatic carbocycles. The highest BCUT2D eigenvalue weighted by molar-refractivity contribution is 7.15. The van der Waals surface area contributed by atoms with Gasteiger partial charge in [0, 0.05) is 21.2 Å². The fourth-order valence-corrected chi connectivity index (χ4v) is 4.36. The Morgan fingerprint density at radius 3 is 2.61 bits per heavy atom. The Bertz CT molecular complexity index is 1460. The first-order valence-electron chi connectivity index (χ1n) is 11.2. The highest BCUT2D eigenvalue weighted by atomic mass is 35.5. The molecule has 0 aliphatic carbocycles. The van der Waals surface area contributed by atoms with E-state index in [1.807, 2.05) is 6.07 Å². The summed E-state index contributed by atoms with van der Waals surface area (Å²) in [6, 6.07) is 19.2. The van der Waals surface area contributed by atoms with Crippen LogP contribution in [0.4, 0.5) is 5.13 Å². The Balaban J connectivity index is 1.28. The number of carbonyl (C=O) groups is 2. The average molecular weight is 570 g/mol. The number of nitrogens with one attached hydrogen (secondary N) is 2. The Morgan fingerprint density at radius 1 is 1.03 bits per heavy atom. The van der Waals surface area contributed by atoms with Crippen molar-refractivity contribution in [3.8, 4) is 11.5 Å². The van der Waals surface area contributed by atoms with Gasteiger partial charge >= 0.3 is 0 Å². The molecule has 1 heterocycles. The molecule has 2 amide bonds. The van der Waals surface area contributed by atoms with E-state index >= 15 is 0 Å². The highest BCUT2D eigenvalue weighted by Crippen LogP contribution is 2.30. The first-order chi connectivity index (χ1) is 18.4. The van der Waals surface area contributed by atoms with Gasteiger partial charge in [0.1, 0.15) is 11.6 Å². The zero-order valence-corrected chi connectivity index (χ0v) is 22.3. The van der Waals surface area contributed by atoms with E-state index in [0.29, 0.717) is 42.8 Å². The molecule has 2 N–H and O–H groups in total. The number of methoxy groups -OCH3 is 1. The van der Waals surface area contributed by atoms with Gasteiger partial charge in [-0.25, -0.2) is 5.43 Å². The van der Waals surface area contributed by atoms with Crippen molar-refractivity contribution in [2.45, 2.75) is 13.0 Å². The van der Waals surface area contributed by atoms with Gasteiger partial charge in [0.05, 0.1) is 19.7 Å². The zero-order chi connectivity index (χ0) is 26.9. The van der Waals surface area contributed by atoms with E-state index in [2.05, 4.69) is 26.0 Å². The van der Waals surface area contributed by atoms with Gasteiger partial charge in [0.15, 0.2) is 11.5 Å². The number of hydrogen-bond acceptors (Lipinski definition) is 8. The minimum Gasteiger partial charge on any atom is -0.493 e. The van der Waals surface area contributed by atoms with Crippen LogP contribution in [-0.2, 0) is 17.8 Å². The predicted molar refractivity (Wildman–Crippen MR) is 148 cm³/mol. The zero-order valence-electron chi connectivity index (χ0n) is 20.0. The lowest BCUT2D eigenvalue weighted by Crippen LogP contribution is -2.19. The molecule has 0 radical (unpaired) electrons. The lowest BCUT2D eigenvalue weighted by Gasteiger charge is -2.12. The largest absolute Gasteiger partial charge is 0.493 e. The SMILES string of the molecule is COc1cc(/C=N/NC(=O)Cc2nnc(NC(=O)c3ccccc3)s2)ccc1OCc1ccc(Cl)cc1Cl. The standard InChI is InChI=1S/C26H21Cl2N5O4S/c1-36-22-11-16(7-10-21(22)37-15-18-8-9-19(27)12-20(18)28)14-29-31-23(34)13-24-32-33-26(38-24)30-25(35)17-5-3-2-4-6-17/h2-12,14H,13,15H2,1H3,(H,31,34)(H,30,33,35)/b29-14+. The van der Waals surface area contributed by atoms with Crippen LogP contribution in [0.2, 0.25) is 10.0 Å². The minimum atomic E-state index is -0.384. The Morgan fingerprint density at radius 2 is 1.84 bits per heavy atom. The summed E-state index contributed by atoms with van der Waals surface area (Å²) in [7, 11) is 1.53. The fraction of sp³-hybridized carbons (Fsp3) is 0.115. The van der Waals surface area contributed by atoms with E-state index in [4.69, 9.17) is 32.7 Å². The maximum atomic E-state index is 12.3. The van der Waals surface area contributed by atoms with Crippen LogP contribution in [0.25, 0.3) is 0 Å². The number of amides is 2. The first kappa shape index (κ1) is 27.1. The number of nitrogens with zero attached hydrogens (tertiary/aromatic N) is 3. The van der Waals surface area contributed by atoms with Crippen LogP contribution in [0.1, 0.15) is 26.5 Å². The number of rotatable bonds is 10. The van der Waals surface area contributed by atoms with Crippen LogP contribution < -0.4 is 20.2 Å². The molecule has 0 spiro atoms. The number of halogens is 2. The summed E-state index contributed by atoms with van der Waals surface area (Å²) in [5.41, 5.74) is 4.41. The highest BCUT2D eigenvalue weighted by Gasteiger charge is 2.12. The summed E-state index contributed by atoms with van der Waals surface area (Å²) < 4.78 is 11.3. The van der Waals surface area contributed by atoms with E-state index in [1.54, 1.807) is 60.7 Å². The van der Waals surface area contributed by atoms with E-state index in [1.165, 1.54) is 13.3 Å². The third-order valence-electron chi connectivity index (χ3n) is 5.02.